The molecular weight excluding hydrogens is 200 g/mol. The van der Waals surface area contributed by atoms with Gasteiger partial charge in [-0.05, 0) is 12.0 Å². The maximum Gasteiger partial charge on any atom is 0.321 e. The van der Waals surface area contributed by atoms with Gasteiger partial charge in [0.2, 0.25) is 0 Å². The summed E-state index contributed by atoms with van der Waals surface area (Å²) in [5, 5.41) is 2.83. The maximum absolute atomic E-state index is 11.4. The van der Waals surface area contributed by atoms with Crippen LogP contribution in [-0.2, 0) is 0 Å². The lowest BCUT2D eigenvalue weighted by molar-refractivity contribution is 0.211. The van der Waals surface area contributed by atoms with E-state index in [9.17, 15) is 4.79 Å². The summed E-state index contributed by atoms with van der Waals surface area (Å²) < 4.78 is 0. The minimum atomic E-state index is -0.0501. The van der Waals surface area contributed by atoms with Crippen molar-refractivity contribution < 1.29 is 4.79 Å². The first-order valence-electron chi connectivity index (χ1n) is 5.73. The molecule has 0 bridgehead atoms. The highest BCUT2D eigenvalue weighted by Gasteiger charge is 2.20. The lowest BCUT2D eigenvalue weighted by Crippen LogP contribution is -2.44. The first-order chi connectivity index (χ1) is 7.69. The molecule has 1 rings (SSSR count). The Kier molecular flexibility index (Phi) is 7.01. The Morgan fingerprint density at radius 1 is 1.50 bits per heavy atom. The van der Waals surface area contributed by atoms with Gasteiger partial charge in [-0.1, -0.05) is 45.6 Å². The van der Waals surface area contributed by atoms with Crippen molar-refractivity contribution in [3.05, 3.63) is 36.1 Å². The molecule has 3 nitrogen and oxygen atoms in total. The second-order valence-corrected chi connectivity index (χ2v) is 3.24. The normalized spacial score (nSPS) is 20.2. The summed E-state index contributed by atoms with van der Waals surface area (Å²) >= 11 is 0. The molecule has 0 unspecified atom stereocenters. The highest BCUT2D eigenvalue weighted by molar-refractivity contribution is 5.79. The first-order valence-corrected chi connectivity index (χ1v) is 5.73. The van der Waals surface area contributed by atoms with Crippen molar-refractivity contribution in [2.24, 2.45) is 0 Å². The second kappa shape index (κ2) is 7.74. The van der Waals surface area contributed by atoms with Gasteiger partial charge in [0.1, 0.15) is 0 Å². The highest BCUT2D eigenvalue weighted by atomic mass is 16.2. The van der Waals surface area contributed by atoms with Crippen molar-refractivity contribution in [3.8, 4) is 0 Å². The fourth-order valence-corrected chi connectivity index (χ4v) is 1.37. The van der Waals surface area contributed by atoms with Crippen LogP contribution in [-0.4, -0.2) is 24.5 Å². The van der Waals surface area contributed by atoms with E-state index in [0.717, 1.165) is 17.7 Å². The van der Waals surface area contributed by atoms with Gasteiger partial charge in [-0.2, -0.15) is 0 Å². The fraction of sp³-hybridized carbons (Fsp3) is 0.462. The van der Waals surface area contributed by atoms with Crippen molar-refractivity contribution in [3.63, 3.8) is 0 Å². The predicted molar refractivity (Wildman–Crippen MR) is 69.2 cm³/mol. The van der Waals surface area contributed by atoms with Crippen LogP contribution in [0.15, 0.2) is 36.1 Å². The van der Waals surface area contributed by atoms with Gasteiger partial charge in [-0.3, -0.25) is 0 Å². The van der Waals surface area contributed by atoms with Crippen molar-refractivity contribution in [1.82, 2.24) is 10.2 Å². The number of hydrogen-bond donors (Lipinski definition) is 1. The van der Waals surface area contributed by atoms with Crippen molar-refractivity contribution in [1.29, 1.82) is 0 Å². The molecule has 1 aliphatic rings. The zero-order valence-electron chi connectivity index (χ0n) is 10.7. The smallest absolute Gasteiger partial charge is 0.321 e. The molecule has 90 valence electrons. The zero-order chi connectivity index (χ0) is 12.6. The van der Waals surface area contributed by atoms with Gasteiger partial charge in [-0.15, -0.1) is 0 Å². The van der Waals surface area contributed by atoms with Crippen molar-refractivity contribution in [2.75, 3.05) is 13.6 Å². The molecular formula is C13H22N2O. The van der Waals surface area contributed by atoms with E-state index in [1.165, 1.54) is 0 Å². The van der Waals surface area contributed by atoms with E-state index in [2.05, 4.69) is 11.9 Å². The van der Waals surface area contributed by atoms with Crippen LogP contribution in [0.5, 0.6) is 0 Å². The van der Waals surface area contributed by atoms with Crippen LogP contribution in [0.4, 0.5) is 4.79 Å². The molecule has 1 N–H and O–H groups in total. The second-order valence-electron chi connectivity index (χ2n) is 3.24. The fourth-order valence-electron chi connectivity index (χ4n) is 1.37. The third-order valence-corrected chi connectivity index (χ3v) is 2.07. The summed E-state index contributed by atoms with van der Waals surface area (Å²) in [4.78, 5) is 13.0. The Bertz CT molecular complexity index is 303. The van der Waals surface area contributed by atoms with E-state index in [1.807, 2.05) is 32.9 Å². The van der Waals surface area contributed by atoms with Crippen LogP contribution in [0.25, 0.3) is 0 Å². The van der Waals surface area contributed by atoms with Crippen LogP contribution in [0, 0.1) is 0 Å². The third kappa shape index (κ3) is 3.93. The Labute approximate surface area is 98.5 Å². The molecule has 1 fully saturated rings. The zero-order valence-corrected chi connectivity index (χ0v) is 10.7. The predicted octanol–water partition coefficient (Wildman–Crippen LogP) is 3.07. The molecule has 0 spiro atoms. The first kappa shape index (κ1) is 14.5. The summed E-state index contributed by atoms with van der Waals surface area (Å²) in [5.41, 5.74) is 2.01. The molecule has 3 heteroatoms. The number of urea groups is 1. The largest absolute Gasteiger partial charge is 0.323 e. The average Bonchev–Trinajstić information content (AvgIpc) is 2.29. The minimum Gasteiger partial charge on any atom is -0.323 e. The van der Waals surface area contributed by atoms with Crippen LogP contribution in [0.3, 0.4) is 0 Å². The number of hydrogen-bond acceptors (Lipinski definition) is 1. The number of amides is 2. The van der Waals surface area contributed by atoms with E-state index in [1.54, 1.807) is 18.0 Å². The summed E-state index contributed by atoms with van der Waals surface area (Å²) in [6.07, 6.45) is 6.59. The Balaban J connectivity index is 0.00000106. The number of likely N-dealkylation sites (N-methyl/N-ethyl adjacent to an activating group) is 1. The molecule has 0 aromatic carbocycles. The Morgan fingerprint density at radius 3 is 2.62 bits per heavy atom. The van der Waals surface area contributed by atoms with Crippen LogP contribution >= 0.6 is 0 Å². The standard InChI is InChI=1S/C11H16N2O.C2H6/c1-4-6-9-8-13(3)11(14)12-10(9)7-5-2;1-2/h4,6-7H,1,5,8H2,2-3H3,(H,12,14);1-2H3/b9-6-,10-7+;. The number of rotatable bonds is 2. The van der Waals surface area contributed by atoms with E-state index in [-0.39, 0.29) is 6.03 Å². The molecule has 0 saturated carbocycles. The minimum absolute atomic E-state index is 0.0501. The number of carbonyl (C=O) groups is 1. The molecule has 0 aromatic heterocycles. The van der Waals surface area contributed by atoms with E-state index < -0.39 is 0 Å². The lowest BCUT2D eigenvalue weighted by Gasteiger charge is -2.27. The highest BCUT2D eigenvalue weighted by Crippen LogP contribution is 2.15. The van der Waals surface area contributed by atoms with E-state index in [0.29, 0.717) is 6.54 Å². The van der Waals surface area contributed by atoms with Crippen LogP contribution < -0.4 is 5.32 Å². The number of allylic oxidation sites excluding steroid dienone is 3. The van der Waals surface area contributed by atoms with Gasteiger partial charge >= 0.3 is 6.03 Å². The number of carbonyl (C=O) groups excluding carboxylic acids is 1. The molecule has 0 atom stereocenters. The number of nitrogens with one attached hydrogen (secondary N) is 1. The molecule has 1 saturated heterocycles. The summed E-state index contributed by atoms with van der Waals surface area (Å²) in [7, 11) is 1.77. The third-order valence-electron chi connectivity index (χ3n) is 2.07. The van der Waals surface area contributed by atoms with E-state index >= 15 is 0 Å². The van der Waals surface area contributed by atoms with E-state index in [4.69, 9.17) is 0 Å². The Morgan fingerprint density at radius 2 is 2.12 bits per heavy atom. The van der Waals surface area contributed by atoms with Crippen molar-refractivity contribution >= 4 is 6.03 Å². The molecule has 1 heterocycles. The van der Waals surface area contributed by atoms with Crippen LogP contribution in [0.2, 0.25) is 0 Å². The van der Waals surface area contributed by atoms with Crippen molar-refractivity contribution in [2.45, 2.75) is 27.2 Å². The van der Waals surface area contributed by atoms with Gasteiger partial charge in [-0.25, -0.2) is 4.79 Å². The van der Waals surface area contributed by atoms with Gasteiger partial charge in [0, 0.05) is 19.3 Å². The molecule has 2 amide bonds. The lowest BCUT2D eigenvalue weighted by atomic mass is 10.1. The molecule has 0 aliphatic carbocycles. The maximum atomic E-state index is 11.4. The summed E-state index contributed by atoms with van der Waals surface area (Å²) in [5.74, 6) is 0. The molecule has 0 radical (unpaired) electrons. The van der Waals surface area contributed by atoms with Gasteiger partial charge < -0.3 is 10.2 Å². The van der Waals surface area contributed by atoms with Crippen LogP contribution in [0.1, 0.15) is 27.2 Å². The SMILES string of the molecule is C=C/C=C1/CN(C)C(=O)N/C1=C/CC.CC. The topological polar surface area (TPSA) is 32.3 Å². The molecule has 16 heavy (non-hydrogen) atoms. The average molecular weight is 222 g/mol. The quantitative estimate of drug-likeness (QED) is 0.765. The summed E-state index contributed by atoms with van der Waals surface area (Å²) in [6.45, 7) is 10.3. The monoisotopic (exact) mass is 222 g/mol. The molecule has 1 aliphatic heterocycles. The Hall–Kier alpha value is -1.51. The van der Waals surface area contributed by atoms with Gasteiger partial charge in [0.05, 0.1) is 0 Å². The summed E-state index contributed by atoms with van der Waals surface area (Å²) in [6, 6.07) is -0.0501. The molecule has 0 aromatic rings. The number of nitrogens with zero attached hydrogens (tertiary/aromatic N) is 1. The van der Waals surface area contributed by atoms with Gasteiger partial charge in [0.25, 0.3) is 0 Å². The van der Waals surface area contributed by atoms with Gasteiger partial charge in [0.15, 0.2) is 0 Å².